The molecule has 1 saturated carbocycles. The van der Waals surface area contributed by atoms with Gasteiger partial charge in [-0.1, -0.05) is 18.2 Å². The van der Waals surface area contributed by atoms with Gasteiger partial charge in [0.25, 0.3) is 0 Å². The molecule has 0 radical (unpaired) electrons. The highest BCUT2D eigenvalue weighted by Gasteiger charge is 2.47. The molecule has 1 aromatic carbocycles. The average Bonchev–Trinajstić information content (AvgIpc) is 3.44. The lowest BCUT2D eigenvalue weighted by molar-refractivity contribution is -0.154. The van der Waals surface area contributed by atoms with E-state index >= 15 is 0 Å². The van der Waals surface area contributed by atoms with Crippen molar-refractivity contribution in [2.45, 2.75) is 31.5 Å². The normalized spacial score (nSPS) is 19.5. The van der Waals surface area contributed by atoms with E-state index in [4.69, 9.17) is 0 Å². The fourth-order valence-corrected chi connectivity index (χ4v) is 3.56. The Morgan fingerprint density at radius 2 is 2.07 bits per heavy atom. The number of aryl methyl sites for hydroxylation is 1. The number of benzene rings is 1. The van der Waals surface area contributed by atoms with Crippen molar-refractivity contribution < 1.29 is 22.7 Å². The molecule has 30 heavy (non-hydrogen) atoms. The van der Waals surface area contributed by atoms with Crippen LogP contribution < -0.4 is 10.1 Å². The number of aromatic nitrogens is 3. The Labute approximate surface area is 171 Å². The van der Waals surface area contributed by atoms with Crippen molar-refractivity contribution in [2.24, 2.45) is 13.0 Å². The Kier molecular flexibility index (Phi) is 5.13. The summed E-state index contributed by atoms with van der Waals surface area (Å²) in [6.45, 7) is 0.411. The zero-order valence-corrected chi connectivity index (χ0v) is 16.5. The standard InChI is InChI=1S/C21H21F3N4O2/c1-12(13-7-8-18(25-10-13)30-11-21(22,23)24)26-20(29)15-9-14(15)19-27-16-5-3-4-6-17(16)28(19)2/h3-8,10,12,14-15H,9,11H2,1-2H3,(H,26,29)/t12?,14-,15-/m1/s1. The van der Waals surface area contributed by atoms with Gasteiger partial charge in [0, 0.05) is 31.1 Å². The molecule has 3 aromatic rings. The number of fused-ring (bicyclic) bond motifs is 1. The number of imidazole rings is 1. The Bertz CT molecular complexity index is 1060. The number of ether oxygens (including phenoxy) is 1. The minimum atomic E-state index is -4.42. The third-order valence-corrected chi connectivity index (χ3v) is 5.28. The molecular weight excluding hydrogens is 397 g/mol. The summed E-state index contributed by atoms with van der Waals surface area (Å²) < 4.78 is 43.3. The number of nitrogens with zero attached hydrogens (tertiary/aromatic N) is 3. The predicted molar refractivity (Wildman–Crippen MR) is 104 cm³/mol. The molecule has 0 saturated heterocycles. The van der Waals surface area contributed by atoms with Crippen LogP contribution in [0.1, 0.15) is 36.7 Å². The lowest BCUT2D eigenvalue weighted by Gasteiger charge is -2.15. The van der Waals surface area contributed by atoms with Gasteiger partial charge in [0.05, 0.1) is 17.1 Å². The molecule has 0 bridgehead atoms. The maximum Gasteiger partial charge on any atom is 0.422 e. The van der Waals surface area contributed by atoms with E-state index in [1.807, 2.05) is 35.9 Å². The fourth-order valence-electron chi connectivity index (χ4n) is 3.56. The second-order valence-corrected chi connectivity index (χ2v) is 7.53. The topological polar surface area (TPSA) is 69.0 Å². The van der Waals surface area contributed by atoms with Crippen LogP contribution in [0.2, 0.25) is 0 Å². The number of halogens is 3. The van der Waals surface area contributed by atoms with E-state index in [1.165, 1.54) is 12.3 Å². The lowest BCUT2D eigenvalue weighted by Crippen LogP contribution is -2.28. The Morgan fingerprint density at radius 3 is 2.73 bits per heavy atom. The molecular formula is C21H21F3N4O2. The van der Waals surface area contributed by atoms with Crippen LogP contribution in [0.3, 0.4) is 0 Å². The summed E-state index contributed by atoms with van der Waals surface area (Å²) in [6.07, 6.45) is -2.27. The zero-order valence-electron chi connectivity index (χ0n) is 16.5. The molecule has 0 spiro atoms. The summed E-state index contributed by atoms with van der Waals surface area (Å²) in [5.41, 5.74) is 2.63. The molecule has 4 rings (SSSR count). The molecule has 158 valence electrons. The van der Waals surface area contributed by atoms with Crippen molar-refractivity contribution >= 4 is 16.9 Å². The molecule has 9 heteroatoms. The first-order valence-corrected chi connectivity index (χ1v) is 9.60. The van der Waals surface area contributed by atoms with Crippen LogP contribution in [0.4, 0.5) is 13.2 Å². The van der Waals surface area contributed by atoms with Crippen LogP contribution >= 0.6 is 0 Å². The summed E-state index contributed by atoms with van der Waals surface area (Å²) in [4.78, 5) is 21.2. The first-order valence-electron chi connectivity index (χ1n) is 9.60. The molecule has 6 nitrogen and oxygen atoms in total. The van der Waals surface area contributed by atoms with Gasteiger partial charge in [0.1, 0.15) is 5.82 Å². The van der Waals surface area contributed by atoms with E-state index in [9.17, 15) is 18.0 Å². The quantitative estimate of drug-likeness (QED) is 0.660. The SMILES string of the molecule is CC(NC(=O)[C@@H]1C[C@H]1c1nc2ccccc2n1C)c1ccc(OCC(F)(F)F)nc1. The van der Waals surface area contributed by atoms with Crippen molar-refractivity contribution in [2.75, 3.05) is 6.61 Å². The van der Waals surface area contributed by atoms with Crippen molar-refractivity contribution in [3.05, 3.63) is 54.0 Å². The van der Waals surface area contributed by atoms with Gasteiger partial charge < -0.3 is 14.6 Å². The third-order valence-electron chi connectivity index (χ3n) is 5.28. The van der Waals surface area contributed by atoms with E-state index in [2.05, 4.69) is 20.0 Å². The number of para-hydroxylation sites is 2. The monoisotopic (exact) mass is 418 g/mol. The van der Waals surface area contributed by atoms with Crippen LogP contribution in [-0.4, -0.2) is 33.2 Å². The number of carbonyl (C=O) groups excluding carboxylic acids is 1. The molecule has 1 amide bonds. The fraction of sp³-hybridized carbons (Fsp3) is 0.381. The lowest BCUT2D eigenvalue weighted by atomic mass is 10.1. The Hall–Kier alpha value is -3.10. The maximum atomic E-state index is 12.7. The molecule has 1 N–H and O–H groups in total. The zero-order chi connectivity index (χ0) is 21.5. The van der Waals surface area contributed by atoms with Crippen LogP contribution in [-0.2, 0) is 11.8 Å². The highest BCUT2D eigenvalue weighted by Crippen LogP contribution is 2.47. The number of carbonyl (C=O) groups is 1. The molecule has 1 aliphatic carbocycles. The summed E-state index contributed by atoms with van der Waals surface area (Å²) in [6, 6.07) is 10.5. The van der Waals surface area contributed by atoms with Gasteiger partial charge in [-0.25, -0.2) is 9.97 Å². The number of amides is 1. The highest BCUT2D eigenvalue weighted by atomic mass is 19.4. The van der Waals surface area contributed by atoms with Crippen molar-refractivity contribution in [3.8, 4) is 5.88 Å². The molecule has 3 atom stereocenters. The third kappa shape index (κ3) is 4.24. The van der Waals surface area contributed by atoms with Gasteiger partial charge in [-0.15, -0.1) is 0 Å². The number of hydrogen-bond donors (Lipinski definition) is 1. The molecule has 1 fully saturated rings. The second kappa shape index (κ2) is 7.62. The van der Waals surface area contributed by atoms with E-state index in [0.717, 1.165) is 23.3 Å². The summed E-state index contributed by atoms with van der Waals surface area (Å²) in [5.74, 6) is 0.642. The van der Waals surface area contributed by atoms with Crippen LogP contribution in [0.5, 0.6) is 5.88 Å². The number of pyridine rings is 1. The van der Waals surface area contributed by atoms with Crippen LogP contribution in [0.15, 0.2) is 42.6 Å². The van der Waals surface area contributed by atoms with Gasteiger partial charge >= 0.3 is 6.18 Å². The van der Waals surface area contributed by atoms with Gasteiger partial charge in [0.15, 0.2) is 6.61 Å². The van der Waals surface area contributed by atoms with E-state index < -0.39 is 12.8 Å². The van der Waals surface area contributed by atoms with E-state index in [1.54, 1.807) is 13.0 Å². The van der Waals surface area contributed by atoms with Gasteiger partial charge in [-0.2, -0.15) is 13.2 Å². The largest absolute Gasteiger partial charge is 0.468 e. The van der Waals surface area contributed by atoms with Crippen molar-refractivity contribution in [3.63, 3.8) is 0 Å². The van der Waals surface area contributed by atoms with E-state index in [0.29, 0.717) is 5.56 Å². The summed E-state index contributed by atoms with van der Waals surface area (Å²) in [7, 11) is 1.95. The Morgan fingerprint density at radius 1 is 1.30 bits per heavy atom. The minimum Gasteiger partial charge on any atom is -0.468 e. The van der Waals surface area contributed by atoms with Crippen molar-refractivity contribution in [1.82, 2.24) is 19.9 Å². The molecule has 1 aliphatic rings. The van der Waals surface area contributed by atoms with Crippen LogP contribution in [0.25, 0.3) is 11.0 Å². The Balaban J connectivity index is 1.35. The predicted octanol–water partition coefficient (Wildman–Crippen LogP) is 3.89. The van der Waals surface area contributed by atoms with Gasteiger partial charge in [0.2, 0.25) is 11.8 Å². The molecule has 2 heterocycles. The highest BCUT2D eigenvalue weighted by molar-refractivity contribution is 5.83. The number of nitrogens with one attached hydrogen (secondary N) is 1. The first-order chi connectivity index (χ1) is 14.2. The summed E-state index contributed by atoms with van der Waals surface area (Å²) in [5, 5.41) is 2.95. The maximum absolute atomic E-state index is 12.7. The number of hydrogen-bond acceptors (Lipinski definition) is 4. The smallest absolute Gasteiger partial charge is 0.422 e. The first kappa shape index (κ1) is 20.2. The minimum absolute atomic E-state index is 0.0723. The van der Waals surface area contributed by atoms with E-state index in [-0.39, 0.29) is 29.7 Å². The van der Waals surface area contributed by atoms with Gasteiger partial charge in [-0.3, -0.25) is 4.79 Å². The average molecular weight is 418 g/mol. The van der Waals surface area contributed by atoms with Crippen molar-refractivity contribution in [1.29, 1.82) is 0 Å². The molecule has 0 aliphatic heterocycles. The second-order valence-electron chi connectivity index (χ2n) is 7.53. The van der Waals surface area contributed by atoms with Gasteiger partial charge in [-0.05, 0) is 31.0 Å². The van der Waals surface area contributed by atoms with Crippen LogP contribution in [0, 0.1) is 5.92 Å². The summed E-state index contributed by atoms with van der Waals surface area (Å²) >= 11 is 0. The molecule has 2 aromatic heterocycles. The molecule has 1 unspecified atom stereocenters. The number of rotatable bonds is 6. The number of alkyl halides is 3.